The van der Waals surface area contributed by atoms with Gasteiger partial charge in [-0.1, -0.05) is 12.1 Å². The number of amides is 1. The van der Waals surface area contributed by atoms with Crippen molar-refractivity contribution in [2.45, 2.75) is 19.9 Å². The standard InChI is InChI=1S/C14H16N2OS/c1-9-11(5-3-6-12(9)15)14(17)16-10(2)13-7-4-8-18-13/h3-8,10H,15H2,1-2H3,(H,16,17)/t10-/m1/s1. The molecule has 0 aliphatic heterocycles. The molecule has 94 valence electrons. The molecule has 1 amide bonds. The van der Waals surface area contributed by atoms with Gasteiger partial charge in [-0.2, -0.15) is 0 Å². The van der Waals surface area contributed by atoms with E-state index in [4.69, 9.17) is 5.73 Å². The molecule has 3 N–H and O–H groups in total. The molecular formula is C14H16N2OS. The number of rotatable bonds is 3. The van der Waals surface area contributed by atoms with Crippen molar-refractivity contribution in [1.29, 1.82) is 0 Å². The molecule has 4 heteroatoms. The quantitative estimate of drug-likeness (QED) is 0.833. The van der Waals surface area contributed by atoms with Gasteiger partial charge in [0.2, 0.25) is 0 Å². The van der Waals surface area contributed by atoms with Crippen molar-refractivity contribution < 1.29 is 4.79 Å². The maximum Gasteiger partial charge on any atom is 0.252 e. The van der Waals surface area contributed by atoms with E-state index in [0.29, 0.717) is 11.3 Å². The first kappa shape index (κ1) is 12.6. The van der Waals surface area contributed by atoms with Crippen LogP contribution in [0.3, 0.4) is 0 Å². The first-order valence-corrected chi connectivity index (χ1v) is 6.67. The molecule has 1 atom stereocenters. The molecule has 2 aromatic rings. The highest BCUT2D eigenvalue weighted by Crippen LogP contribution is 2.20. The number of hydrogen-bond acceptors (Lipinski definition) is 3. The Bertz CT molecular complexity index is 549. The minimum Gasteiger partial charge on any atom is -0.398 e. The predicted octanol–water partition coefficient (Wildman–Crippen LogP) is 3.13. The number of nitrogens with two attached hydrogens (primary N) is 1. The maximum atomic E-state index is 12.2. The van der Waals surface area contributed by atoms with Crippen molar-refractivity contribution in [3.8, 4) is 0 Å². The minimum atomic E-state index is -0.0827. The van der Waals surface area contributed by atoms with E-state index >= 15 is 0 Å². The van der Waals surface area contributed by atoms with Crippen LogP contribution in [-0.2, 0) is 0 Å². The number of thiophene rings is 1. The van der Waals surface area contributed by atoms with E-state index in [0.717, 1.165) is 10.4 Å². The van der Waals surface area contributed by atoms with Gasteiger partial charge < -0.3 is 11.1 Å². The van der Waals surface area contributed by atoms with E-state index < -0.39 is 0 Å². The molecule has 2 rings (SSSR count). The lowest BCUT2D eigenvalue weighted by molar-refractivity contribution is 0.0940. The molecule has 1 aromatic heterocycles. The van der Waals surface area contributed by atoms with E-state index in [9.17, 15) is 4.79 Å². The molecule has 0 radical (unpaired) electrons. The fourth-order valence-electron chi connectivity index (χ4n) is 1.78. The summed E-state index contributed by atoms with van der Waals surface area (Å²) in [4.78, 5) is 13.3. The molecule has 1 aromatic carbocycles. The van der Waals surface area contributed by atoms with Crippen LogP contribution in [0.4, 0.5) is 5.69 Å². The third-order valence-electron chi connectivity index (χ3n) is 2.94. The number of nitrogens with one attached hydrogen (secondary N) is 1. The summed E-state index contributed by atoms with van der Waals surface area (Å²) in [6.45, 7) is 3.84. The molecule has 3 nitrogen and oxygen atoms in total. The molecule has 0 bridgehead atoms. The average molecular weight is 260 g/mol. The highest BCUT2D eigenvalue weighted by Gasteiger charge is 2.14. The van der Waals surface area contributed by atoms with Crippen LogP contribution >= 0.6 is 11.3 Å². The fourth-order valence-corrected chi connectivity index (χ4v) is 2.52. The van der Waals surface area contributed by atoms with Crippen LogP contribution in [0.1, 0.15) is 33.8 Å². The van der Waals surface area contributed by atoms with Crippen molar-refractivity contribution in [3.63, 3.8) is 0 Å². The Balaban J connectivity index is 2.15. The lowest BCUT2D eigenvalue weighted by Crippen LogP contribution is -2.26. The molecule has 0 aliphatic carbocycles. The number of anilines is 1. The molecule has 0 aliphatic rings. The second kappa shape index (κ2) is 5.23. The van der Waals surface area contributed by atoms with E-state index in [1.165, 1.54) is 0 Å². The molecule has 0 saturated heterocycles. The summed E-state index contributed by atoms with van der Waals surface area (Å²) in [6.07, 6.45) is 0. The van der Waals surface area contributed by atoms with Gasteiger partial charge in [-0.25, -0.2) is 0 Å². The van der Waals surface area contributed by atoms with Gasteiger partial charge in [0, 0.05) is 16.1 Å². The van der Waals surface area contributed by atoms with Gasteiger partial charge >= 0.3 is 0 Å². The topological polar surface area (TPSA) is 55.1 Å². The lowest BCUT2D eigenvalue weighted by Gasteiger charge is -2.14. The third kappa shape index (κ3) is 2.54. The van der Waals surface area contributed by atoms with Crippen LogP contribution in [0, 0.1) is 6.92 Å². The summed E-state index contributed by atoms with van der Waals surface area (Å²) < 4.78 is 0. The lowest BCUT2D eigenvalue weighted by atomic mass is 10.1. The zero-order valence-corrected chi connectivity index (χ0v) is 11.3. The number of hydrogen-bond donors (Lipinski definition) is 2. The molecule has 0 spiro atoms. The normalized spacial score (nSPS) is 12.1. The number of carbonyl (C=O) groups excluding carboxylic acids is 1. The summed E-state index contributed by atoms with van der Waals surface area (Å²) in [6, 6.07) is 9.40. The summed E-state index contributed by atoms with van der Waals surface area (Å²) in [5, 5.41) is 4.99. The van der Waals surface area contributed by atoms with Crippen LogP contribution in [0.15, 0.2) is 35.7 Å². The van der Waals surface area contributed by atoms with E-state index in [-0.39, 0.29) is 11.9 Å². The monoisotopic (exact) mass is 260 g/mol. The van der Waals surface area contributed by atoms with Crippen LogP contribution in [0.2, 0.25) is 0 Å². The second-order valence-electron chi connectivity index (χ2n) is 4.23. The molecule has 1 heterocycles. The van der Waals surface area contributed by atoms with Crippen molar-refractivity contribution >= 4 is 22.9 Å². The van der Waals surface area contributed by atoms with Gasteiger partial charge in [-0.05, 0) is 43.0 Å². The zero-order chi connectivity index (χ0) is 13.1. The summed E-state index contributed by atoms with van der Waals surface area (Å²) in [5.41, 5.74) is 7.92. The third-order valence-corrected chi connectivity index (χ3v) is 3.99. The van der Waals surface area contributed by atoms with Crippen LogP contribution in [-0.4, -0.2) is 5.91 Å². The molecule has 0 saturated carbocycles. The second-order valence-corrected chi connectivity index (χ2v) is 5.21. The average Bonchev–Trinajstić information content (AvgIpc) is 2.86. The van der Waals surface area contributed by atoms with Crippen molar-refractivity contribution in [2.24, 2.45) is 0 Å². The van der Waals surface area contributed by atoms with E-state index in [1.54, 1.807) is 29.5 Å². The largest absolute Gasteiger partial charge is 0.398 e. The number of benzene rings is 1. The van der Waals surface area contributed by atoms with Crippen molar-refractivity contribution in [2.75, 3.05) is 5.73 Å². The zero-order valence-electron chi connectivity index (χ0n) is 10.4. The SMILES string of the molecule is Cc1c(N)cccc1C(=O)N[C@H](C)c1cccs1. The van der Waals surface area contributed by atoms with Gasteiger partial charge in [0.25, 0.3) is 5.91 Å². The van der Waals surface area contributed by atoms with Crippen molar-refractivity contribution in [1.82, 2.24) is 5.32 Å². The molecule has 0 fully saturated rings. The molecule has 18 heavy (non-hydrogen) atoms. The Hall–Kier alpha value is -1.81. The Morgan fingerprint density at radius 1 is 1.33 bits per heavy atom. The maximum absolute atomic E-state index is 12.2. The first-order chi connectivity index (χ1) is 8.59. The fraction of sp³-hybridized carbons (Fsp3) is 0.214. The smallest absolute Gasteiger partial charge is 0.252 e. The summed E-state index contributed by atoms with van der Waals surface area (Å²) in [5.74, 6) is -0.0827. The van der Waals surface area contributed by atoms with Gasteiger partial charge in [0.05, 0.1) is 6.04 Å². The van der Waals surface area contributed by atoms with Gasteiger partial charge in [0.1, 0.15) is 0 Å². The van der Waals surface area contributed by atoms with Crippen LogP contribution in [0.25, 0.3) is 0 Å². The Morgan fingerprint density at radius 2 is 2.11 bits per heavy atom. The predicted molar refractivity (Wildman–Crippen MR) is 75.8 cm³/mol. The van der Waals surface area contributed by atoms with E-state index in [1.807, 2.05) is 31.4 Å². The van der Waals surface area contributed by atoms with Crippen LogP contribution < -0.4 is 11.1 Å². The Labute approximate surface area is 111 Å². The molecular weight excluding hydrogens is 244 g/mol. The first-order valence-electron chi connectivity index (χ1n) is 5.79. The van der Waals surface area contributed by atoms with Gasteiger partial charge in [0.15, 0.2) is 0 Å². The number of nitrogen functional groups attached to an aromatic ring is 1. The van der Waals surface area contributed by atoms with E-state index in [2.05, 4.69) is 5.32 Å². The highest BCUT2D eigenvalue weighted by molar-refractivity contribution is 7.10. The minimum absolute atomic E-state index is 0.0123. The Morgan fingerprint density at radius 3 is 2.78 bits per heavy atom. The van der Waals surface area contributed by atoms with Crippen molar-refractivity contribution in [3.05, 3.63) is 51.7 Å². The molecule has 0 unspecified atom stereocenters. The van der Waals surface area contributed by atoms with Crippen LogP contribution in [0.5, 0.6) is 0 Å². The van der Waals surface area contributed by atoms with Gasteiger partial charge in [-0.3, -0.25) is 4.79 Å². The Kier molecular flexibility index (Phi) is 3.67. The van der Waals surface area contributed by atoms with Gasteiger partial charge in [-0.15, -0.1) is 11.3 Å². The summed E-state index contributed by atoms with van der Waals surface area (Å²) in [7, 11) is 0. The highest BCUT2D eigenvalue weighted by atomic mass is 32.1. The number of carbonyl (C=O) groups is 1. The summed E-state index contributed by atoms with van der Waals surface area (Å²) >= 11 is 1.64.